The Labute approximate surface area is 211 Å². The Balaban J connectivity index is 1.46. The molecule has 0 heterocycles. The van der Waals surface area contributed by atoms with Crippen LogP contribution < -0.4 is 5.32 Å². The number of rotatable bonds is 3. The summed E-state index contributed by atoms with van der Waals surface area (Å²) in [6.07, 6.45) is -7.97. The number of carbonyl (C=O) groups is 1. The van der Waals surface area contributed by atoms with Gasteiger partial charge in [0.05, 0.1) is 0 Å². The lowest BCUT2D eigenvalue weighted by atomic mass is 9.54. The SMILES string of the molecule is C[C@]12CC[C@@H]3c4ccc(O)cc4CC[C@H]3[C@@H]1CC[C@@H]2C(=O)NC(c1ccccc1)(C(F)(F)F)C(F)(F)F. The van der Waals surface area contributed by atoms with E-state index in [2.05, 4.69) is 0 Å². The monoisotopic (exact) mass is 525 g/mol. The molecule has 1 amide bonds. The molecular weight excluding hydrogens is 496 g/mol. The molecule has 37 heavy (non-hydrogen) atoms. The zero-order chi connectivity index (χ0) is 26.8. The normalized spacial score (nSPS) is 29.7. The van der Waals surface area contributed by atoms with Gasteiger partial charge in [0, 0.05) is 5.92 Å². The number of benzene rings is 2. The maximum Gasteiger partial charge on any atom is 0.424 e. The average Bonchev–Trinajstić information content (AvgIpc) is 3.18. The third-order valence-electron chi connectivity index (χ3n) is 9.39. The van der Waals surface area contributed by atoms with Crippen molar-refractivity contribution < 1.29 is 36.2 Å². The van der Waals surface area contributed by atoms with E-state index in [4.69, 9.17) is 0 Å². The fourth-order valence-electron chi connectivity index (χ4n) is 7.66. The summed E-state index contributed by atoms with van der Waals surface area (Å²) in [4.78, 5) is 13.4. The zero-order valence-corrected chi connectivity index (χ0v) is 20.3. The van der Waals surface area contributed by atoms with E-state index >= 15 is 0 Å². The Morgan fingerprint density at radius 1 is 0.946 bits per heavy atom. The maximum atomic E-state index is 14.3. The van der Waals surface area contributed by atoms with E-state index in [9.17, 15) is 36.2 Å². The van der Waals surface area contributed by atoms with Crippen LogP contribution in [0.2, 0.25) is 0 Å². The summed E-state index contributed by atoms with van der Waals surface area (Å²) in [6, 6.07) is 10.4. The molecule has 5 rings (SSSR count). The second-order valence-electron chi connectivity index (χ2n) is 11.1. The summed E-state index contributed by atoms with van der Waals surface area (Å²) in [5, 5.41) is 11.4. The Kier molecular flexibility index (Phi) is 6.07. The number of carbonyl (C=O) groups excluding carboxylic acids is 1. The number of nitrogens with one attached hydrogen (secondary N) is 1. The number of phenols is 1. The summed E-state index contributed by atoms with van der Waals surface area (Å²) in [5.74, 6) is -1.52. The molecule has 0 unspecified atom stereocenters. The van der Waals surface area contributed by atoms with Crippen molar-refractivity contribution in [2.75, 3.05) is 0 Å². The van der Waals surface area contributed by atoms with Crippen LogP contribution in [0.25, 0.3) is 0 Å². The minimum Gasteiger partial charge on any atom is -0.508 e. The highest BCUT2D eigenvalue weighted by molar-refractivity contribution is 5.81. The number of amides is 1. The molecule has 9 heteroatoms. The van der Waals surface area contributed by atoms with Gasteiger partial charge in [-0.3, -0.25) is 4.79 Å². The molecule has 0 bridgehead atoms. The minimum atomic E-state index is -5.79. The molecule has 2 saturated carbocycles. The van der Waals surface area contributed by atoms with Crippen molar-refractivity contribution >= 4 is 5.91 Å². The van der Waals surface area contributed by atoms with E-state index in [1.807, 2.05) is 13.0 Å². The first-order valence-corrected chi connectivity index (χ1v) is 12.6. The predicted molar refractivity (Wildman–Crippen MR) is 125 cm³/mol. The third kappa shape index (κ3) is 3.91. The van der Waals surface area contributed by atoms with Crippen LogP contribution in [-0.4, -0.2) is 23.4 Å². The lowest BCUT2D eigenvalue weighted by Crippen LogP contribution is -2.66. The highest BCUT2D eigenvalue weighted by Crippen LogP contribution is 2.63. The van der Waals surface area contributed by atoms with Gasteiger partial charge in [0.1, 0.15) is 5.75 Å². The average molecular weight is 526 g/mol. The van der Waals surface area contributed by atoms with Crippen LogP contribution in [0.4, 0.5) is 26.3 Å². The van der Waals surface area contributed by atoms with Crippen LogP contribution in [0.5, 0.6) is 5.75 Å². The van der Waals surface area contributed by atoms with Crippen LogP contribution in [-0.2, 0) is 16.8 Å². The Bertz CT molecular complexity index is 1160. The summed E-state index contributed by atoms with van der Waals surface area (Å²) in [5.41, 5.74) is -4.00. The number of fused-ring (bicyclic) bond motifs is 5. The van der Waals surface area contributed by atoms with Crippen molar-refractivity contribution in [3.63, 3.8) is 0 Å². The molecular formula is C28H29F6NO2. The first-order chi connectivity index (χ1) is 17.3. The lowest BCUT2D eigenvalue weighted by molar-refractivity contribution is -0.312. The fourth-order valence-corrected chi connectivity index (χ4v) is 7.66. The van der Waals surface area contributed by atoms with Crippen molar-refractivity contribution in [2.45, 2.75) is 69.3 Å². The molecule has 0 spiro atoms. The second kappa shape index (κ2) is 8.67. The highest BCUT2D eigenvalue weighted by Gasteiger charge is 2.73. The van der Waals surface area contributed by atoms with E-state index < -0.39 is 40.7 Å². The number of aryl methyl sites for hydroxylation is 1. The Morgan fingerprint density at radius 3 is 2.27 bits per heavy atom. The van der Waals surface area contributed by atoms with Gasteiger partial charge in [-0.1, -0.05) is 43.3 Å². The number of aromatic hydroxyl groups is 1. The molecule has 0 radical (unpaired) electrons. The molecule has 2 N–H and O–H groups in total. The van der Waals surface area contributed by atoms with Crippen molar-refractivity contribution in [3.8, 4) is 5.75 Å². The molecule has 2 aromatic rings. The zero-order valence-electron chi connectivity index (χ0n) is 20.3. The summed E-state index contributed by atoms with van der Waals surface area (Å²) in [6.45, 7) is 1.86. The lowest BCUT2D eigenvalue weighted by Gasteiger charge is -2.51. The quantitative estimate of drug-likeness (QED) is 0.424. The third-order valence-corrected chi connectivity index (χ3v) is 9.39. The fraction of sp³-hybridized carbons (Fsp3) is 0.536. The molecule has 0 saturated heterocycles. The molecule has 2 fully saturated rings. The number of hydrogen-bond donors (Lipinski definition) is 2. The van der Waals surface area contributed by atoms with Gasteiger partial charge in [0.15, 0.2) is 0 Å². The van der Waals surface area contributed by atoms with Crippen LogP contribution in [0.15, 0.2) is 48.5 Å². The van der Waals surface area contributed by atoms with Gasteiger partial charge in [0.2, 0.25) is 5.91 Å². The molecule has 0 aliphatic heterocycles. The number of halogens is 6. The molecule has 5 atom stereocenters. The van der Waals surface area contributed by atoms with E-state index in [1.165, 1.54) is 11.4 Å². The topological polar surface area (TPSA) is 49.3 Å². The summed E-state index contributed by atoms with van der Waals surface area (Å²) >= 11 is 0. The molecule has 0 aromatic heterocycles. The number of phenolic OH excluding ortho intramolecular Hbond substituents is 1. The van der Waals surface area contributed by atoms with Crippen LogP contribution >= 0.6 is 0 Å². The first kappa shape index (κ1) is 25.9. The molecule has 200 valence electrons. The van der Waals surface area contributed by atoms with Crippen molar-refractivity contribution in [2.24, 2.45) is 23.2 Å². The Morgan fingerprint density at radius 2 is 1.62 bits per heavy atom. The molecule has 3 aliphatic rings. The van der Waals surface area contributed by atoms with Gasteiger partial charge in [-0.25, -0.2) is 0 Å². The van der Waals surface area contributed by atoms with E-state index in [0.717, 1.165) is 48.2 Å². The molecule has 2 aromatic carbocycles. The molecule has 3 aliphatic carbocycles. The summed E-state index contributed by atoms with van der Waals surface area (Å²) < 4.78 is 85.6. The van der Waals surface area contributed by atoms with E-state index in [-0.39, 0.29) is 29.9 Å². The molecule has 3 nitrogen and oxygen atoms in total. The van der Waals surface area contributed by atoms with E-state index in [1.54, 1.807) is 12.1 Å². The smallest absolute Gasteiger partial charge is 0.424 e. The predicted octanol–water partition coefficient (Wildman–Crippen LogP) is 7.00. The minimum absolute atomic E-state index is 0.0202. The highest BCUT2D eigenvalue weighted by atomic mass is 19.4. The van der Waals surface area contributed by atoms with Gasteiger partial charge in [-0.2, -0.15) is 26.3 Å². The number of alkyl halides is 6. The Hall–Kier alpha value is -2.71. The van der Waals surface area contributed by atoms with Crippen LogP contribution in [0.1, 0.15) is 61.6 Å². The van der Waals surface area contributed by atoms with Crippen LogP contribution in [0.3, 0.4) is 0 Å². The van der Waals surface area contributed by atoms with Crippen molar-refractivity contribution in [1.29, 1.82) is 0 Å². The first-order valence-electron chi connectivity index (χ1n) is 12.6. The van der Waals surface area contributed by atoms with Crippen LogP contribution in [0, 0.1) is 23.2 Å². The summed E-state index contributed by atoms with van der Waals surface area (Å²) in [7, 11) is 0. The van der Waals surface area contributed by atoms with E-state index in [0.29, 0.717) is 19.3 Å². The van der Waals surface area contributed by atoms with Gasteiger partial charge >= 0.3 is 12.4 Å². The maximum absolute atomic E-state index is 14.3. The number of hydrogen-bond acceptors (Lipinski definition) is 2. The van der Waals surface area contributed by atoms with Gasteiger partial charge in [0.25, 0.3) is 5.54 Å². The van der Waals surface area contributed by atoms with Crippen molar-refractivity contribution in [3.05, 3.63) is 65.2 Å². The second-order valence-corrected chi connectivity index (χ2v) is 11.1. The van der Waals surface area contributed by atoms with Gasteiger partial charge in [-0.05, 0) is 90.5 Å². The van der Waals surface area contributed by atoms with Gasteiger partial charge < -0.3 is 10.4 Å². The van der Waals surface area contributed by atoms with Crippen molar-refractivity contribution in [1.82, 2.24) is 5.32 Å². The standard InChI is InChI=1S/C28H29F6NO2/c1-25-14-13-20-19-10-8-18(36)15-16(19)7-9-21(20)22(25)11-12-23(25)24(37)35-26(27(29,30)31,28(32,33)34)17-5-3-2-4-6-17/h2-6,8,10,15,20-23,36H,7,9,11-14H2,1H3,(H,35,37)/t20-,21-,22+,23-,25+/m1/s1. The van der Waals surface area contributed by atoms with Gasteiger partial charge in [-0.15, -0.1) is 0 Å². The largest absolute Gasteiger partial charge is 0.508 e.